The maximum Gasteiger partial charge on any atom is 0.160 e. The van der Waals surface area contributed by atoms with E-state index in [0.717, 1.165) is 28.1 Å². The molecule has 2 aliphatic rings. The van der Waals surface area contributed by atoms with Crippen LogP contribution in [0.4, 0.5) is 0 Å². The van der Waals surface area contributed by atoms with E-state index in [1.54, 1.807) is 0 Å². The van der Waals surface area contributed by atoms with E-state index in [-0.39, 0.29) is 10.8 Å². The molecule has 0 saturated heterocycles. The molecule has 0 unspecified atom stereocenters. The summed E-state index contributed by atoms with van der Waals surface area (Å²) in [6, 6.07) is 71.0. The van der Waals surface area contributed by atoms with Gasteiger partial charge in [-0.1, -0.05) is 185 Å². The van der Waals surface area contributed by atoms with Gasteiger partial charge in [0.05, 0.1) is 11.4 Å². The van der Waals surface area contributed by atoms with Crippen LogP contribution in [0.25, 0.3) is 100.0 Å². The summed E-state index contributed by atoms with van der Waals surface area (Å²) in [5.74, 6) is 0.711. The number of hydrogen-bond donors (Lipinski definition) is 0. The SMILES string of the molecule is CC1(C)c2cc3ccccc3cc2-c2c(-c3ccc(-c4cc(-c5cccc(-c6cccc7c6-c6cc8ccccc8cc6C7(C)C)c5)nc(-c5ccccc5)n4)cc3)cccc21. The van der Waals surface area contributed by atoms with E-state index in [4.69, 9.17) is 9.97 Å². The number of fused-ring (bicyclic) bond motifs is 8. The third kappa shape index (κ3) is 5.56. The lowest BCUT2D eigenvalue weighted by Crippen LogP contribution is -2.14. The second-order valence-corrected chi connectivity index (χ2v) is 18.2. The molecule has 0 spiro atoms. The average Bonchev–Trinajstić information content (AvgIpc) is 3.68. The normalized spacial score (nSPS) is 14.1. The zero-order chi connectivity index (χ0) is 41.7. The highest BCUT2D eigenvalue weighted by Gasteiger charge is 2.38. The first-order valence-electron chi connectivity index (χ1n) is 21.7. The highest BCUT2D eigenvalue weighted by atomic mass is 14.9. The van der Waals surface area contributed by atoms with Gasteiger partial charge in [-0.05, 0) is 125 Å². The van der Waals surface area contributed by atoms with Crippen molar-refractivity contribution < 1.29 is 0 Å². The Kier molecular flexibility index (Phi) is 7.96. The van der Waals surface area contributed by atoms with Crippen molar-refractivity contribution in [3.63, 3.8) is 0 Å². The monoisotopic (exact) mass is 792 g/mol. The first-order chi connectivity index (χ1) is 30.2. The van der Waals surface area contributed by atoms with E-state index in [2.05, 4.69) is 216 Å². The number of hydrogen-bond acceptors (Lipinski definition) is 2. The molecule has 2 aliphatic carbocycles. The van der Waals surface area contributed by atoms with Crippen LogP contribution in [0.5, 0.6) is 0 Å². The lowest BCUT2D eigenvalue weighted by molar-refractivity contribution is 0.661. The molecule has 12 rings (SSSR count). The van der Waals surface area contributed by atoms with Gasteiger partial charge in [0.15, 0.2) is 5.82 Å². The second kappa shape index (κ2) is 13.5. The van der Waals surface area contributed by atoms with Crippen molar-refractivity contribution in [3.05, 3.63) is 216 Å². The van der Waals surface area contributed by atoms with Gasteiger partial charge in [-0.15, -0.1) is 0 Å². The zero-order valence-corrected chi connectivity index (χ0v) is 35.4. The van der Waals surface area contributed by atoms with Crippen LogP contribution in [0.15, 0.2) is 194 Å². The minimum atomic E-state index is -0.111. The quantitative estimate of drug-likeness (QED) is 0.173. The molecule has 0 amide bonds. The molecule has 0 saturated carbocycles. The van der Waals surface area contributed by atoms with Crippen LogP contribution >= 0.6 is 0 Å². The third-order valence-electron chi connectivity index (χ3n) is 13.9. The average molecular weight is 793 g/mol. The molecule has 294 valence electrons. The van der Waals surface area contributed by atoms with Crippen molar-refractivity contribution in [1.29, 1.82) is 0 Å². The summed E-state index contributed by atoms with van der Waals surface area (Å²) < 4.78 is 0. The van der Waals surface area contributed by atoms with Gasteiger partial charge in [0.1, 0.15) is 0 Å². The molecule has 0 fully saturated rings. The van der Waals surface area contributed by atoms with E-state index in [0.29, 0.717) is 5.82 Å². The molecule has 9 aromatic carbocycles. The van der Waals surface area contributed by atoms with E-state index in [1.807, 2.05) is 6.07 Å². The molecule has 0 atom stereocenters. The topological polar surface area (TPSA) is 25.8 Å². The van der Waals surface area contributed by atoms with Crippen LogP contribution in [-0.2, 0) is 10.8 Å². The third-order valence-corrected chi connectivity index (χ3v) is 13.9. The molecule has 0 aliphatic heterocycles. The minimum Gasteiger partial charge on any atom is -0.228 e. The summed E-state index contributed by atoms with van der Waals surface area (Å²) in [6.45, 7) is 9.44. The highest BCUT2D eigenvalue weighted by Crippen LogP contribution is 2.55. The summed E-state index contributed by atoms with van der Waals surface area (Å²) in [7, 11) is 0. The molecular weight excluding hydrogens is 749 g/mol. The van der Waals surface area contributed by atoms with Gasteiger partial charge in [-0.3, -0.25) is 0 Å². The van der Waals surface area contributed by atoms with Gasteiger partial charge >= 0.3 is 0 Å². The van der Waals surface area contributed by atoms with Crippen molar-refractivity contribution >= 4 is 21.5 Å². The van der Waals surface area contributed by atoms with E-state index in [9.17, 15) is 0 Å². The Morgan fingerprint density at radius 1 is 0.290 bits per heavy atom. The van der Waals surface area contributed by atoms with Crippen LogP contribution in [0, 0.1) is 0 Å². The van der Waals surface area contributed by atoms with E-state index < -0.39 is 0 Å². The van der Waals surface area contributed by atoms with Gasteiger partial charge < -0.3 is 0 Å². The molecule has 2 heteroatoms. The standard InChI is InChI=1S/C60H44N2/c1-59(2)50-25-13-23-46(56(50)48-32-40-17-8-10-19-42(40)34-52(48)59)37-27-29-38(30-28-37)54-36-55(62-58(61-54)39-15-6-5-7-16-39)45-22-12-21-44(31-45)47-24-14-26-51-57(47)49-33-41-18-9-11-20-43(41)35-53(49)60(51,3)4/h5-36H,1-4H3. The fourth-order valence-electron chi connectivity index (χ4n) is 10.6. The molecule has 1 aromatic heterocycles. The van der Waals surface area contributed by atoms with Crippen LogP contribution in [0.3, 0.4) is 0 Å². The highest BCUT2D eigenvalue weighted by molar-refractivity contribution is 6.00. The molecule has 0 N–H and O–H groups in total. The summed E-state index contributed by atoms with van der Waals surface area (Å²) in [6.07, 6.45) is 0. The zero-order valence-electron chi connectivity index (χ0n) is 35.4. The van der Waals surface area contributed by atoms with Crippen molar-refractivity contribution in [1.82, 2.24) is 9.97 Å². The Balaban J connectivity index is 0.959. The van der Waals surface area contributed by atoms with Crippen molar-refractivity contribution in [2.45, 2.75) is 38.5 Å². The first-order valence-corrected chi connectivity index (χ1v) is 21.7. The van der Waals surface area contributed by atoms with Crippen molar-refractivity contribution in [3.8, 4) is 78.4 Å². The Bertz CT molecular complexity index is 3450. The Morgan fingerprint density at radius 3 is 1.29 bits per heavy atom. The lowest BCUT2D eigenvalue weighted by Gasteiger charge is -2.22. The van der Waals surface area contributed by atoms with Crippen LogP contribution in [0.2, 0.25) is 0 Å². The molecule has 10 aromatic rings. The van der Waals surface area contributed by atoms with E-state index in [1.165, 1.54) is 88.3 Å². The molecular formula is C60H44N2. The molecule has 0 radical (unpaired) electrons. The van der Waals surface area contributed by atoms with Gasteiger partial charge in [0.2, 0.25) is 0 Å². The summed E-state index contributed by atoms with van der Waals surface area (Å²) in [5, 5.41) is 5.11. The largest absolute Gasteiger partial charge is 0.228 e. The number of benzene rings is 9. The smallest absolute Gasteiger partial charge is 0.160 e. The second-order valence-electron chi connectivity index (χ2n) is 18.2. The lowest BCUT2D eigenvalue weighted by atomic mass is 9.81. The predicted octanol–water partition coefficient (Wildman–Crippen LogP) is 15.7. The predicted molar refractivity (Wildman–Crippen MR) is 259 cm³/mol. The van der Waals surface area contributed by atoms with Crippen LogP contribution in [0.1, 0.15) is 49.9 Å². The number of rotatable bonds is 5. The van der Waals surface area contributed by atoms with Gasteiger partial charge in [-0.25, -0.2) is 9.97 Å². The first kappa shape index (κ1) is 36.4. The van der Waals surface area contributed by atoms with Gasteiger partial charge in [-0.2, -0.15) is 0 Å². The van der Waals surface area contributed by atoms with Gasteiger partial charge in [0.25, 0.3) is 0 Å². The fourth-order valence-corrected chi connectivity index (χ4v) is 10.6. The van der Waals surface area contributed by atoms with Gasteiger partial charge in [0, 0.05) is 27.5 Å². The number of nitrogens with zero attached hydrogens (tertiary/aromatic N) is 2. The minimum absolute atomic E-state index is 0.0936. The summed E-state index contributed by atoms with van der Waals surface area (Å²) >= 11 is 0. The Morgan fingerprint density at radius 2 is 0.726 bits per heavy atom. The van der Waals surface area contributed by atoms with Crippen molar-refractivity contribution in [2.75, 3.05) is 0 Å². The van der Waals surface area contributed by atoms with E-state index >= 15 is 0 Å². The maximum atomic E-state index is 5.25. The Labute approximate surface area is 363 Å². The van der Waals surface area contributed by atoms with Crippen LogP contribution < -0.4 is 0 Å². The molecule has 2 nitrogen and oxygen atoms in total. The summed E-state index contributed by atoms with van der Waals surface area (Å²) in [4.78, 5) is 10.5. The molecule has 1 heterocycles. The number of aromatic nitrogens is 2. The Hall–Kier alpha value is -7.42. The van der Waals surface area contributed by atoms with Crippen LogP contribution in [-0.4, -0.2) is 9.97 Å². The summed E-state index contributed by atoms with van der Waals surface area (Å²) in [5.41, 5.74) is 20.4. The molecule has 0 bridgehead atoms. The molecule has 62 heavy (non-hydrogen) atoms. The van der Waals surface area contributed by atoms with Crippen molar-refractivity contribution in [2.24, 2.45) is 0 Å². The maximum absolute atomic E-state index is 5.25. The fraction of sp³-hybridized carbons (Fsp3) is 0.100.